The summed E-state index contributed by atoms with van der Waals surface area (Å²) < 4.78 is 22.5. The highest BCUT2D eigenvalue weighted by Crippen LogP contribution is 2.39. The maximum absolute atomic E-state index is 11.3. The van der Waals surface area contributed by atoms with E-state index >= 15 is 0 Å². The number of nitrogens with zero attached hydrogens (tertiary/aromatic N) is 1. The van der Waals surface area contributed by atoms with Crippen LogP contribution in [-0.4, -0.2) is 44.5 Å². The van der Waals surface area contributed by atoms with Crippen molar-refractivity contribution in [1.82, 2.24) is 4.90 Å². The lowest BCUT2D eigenvalue weighted by atomic mass is 9.78. The molecule has 1 heterocycles. The van der Waals surface area contributed by atoms with Gasteiger partial charge in [0.05, 0.1) is 0 Å². The van der Waals surface area contributed by atoms with Crippen LogP contribution in [0.2, 0.25) is 0 Å². The van der Waals surface area contributed by atoms with Crippen LogP contribution in [0.25, 0.3) is 0 Å². The molecule has 1 aromatic carbocycles. The van der Waals surface area contributed by atoms with Crippen LogP contribution < -0.4 is 0 Å². The minimum absolute atomic E-state index is 0.331. The summed E-state index contributed by atoms with van der Waals surface area (Å²) >= 11 is 0. The average Bonchev–Trinajstić information content (AvgIpc) is 2.98. The first-order valence-corrected chi connectivity index (χ1v) is 11.1. The second kappa shape index (κ2) is 7.35. The van der Waals surface area contributed by atoms with Crippen molar-refractivity contribution >= 4 is 9.84 Å². The van der Waals surface area contributed by atoms with E-state index in [2.05, 4.69) is 29.2 Å². The Morgan fingerprint density at radius 1 is 1.13 bits per heavy atom. The molecule has 23 heavy (non-hydrogen) atoms. The Kier molecular flexibility index (Phi) is 5.42. The summed E-state index contributed by atoms with van der Waals surface area (Å²) in [5, 5.41) is 0. The van der Waals surface area contributed by atoms with E-state index in [0.717, 1.165) is 19.4 Å². The Morgan fingerprint density at radius 2 is 1.96 bits per heavy atom. The van der Waals surface area contributed by atoms with Crippen LogP contribution in [0, 0.1) is 0 Å². The zero-order valence-corrected chi connectivity index (χ0v) is 15.0. The standard InChI is InChI=1S/C19H29NO2S/c1-23(21,22)15-5-4-13-20-14-7-12-19(20)18-11-6-9-16-8-2-3-10-17(16)18/h2-3,8,10,18-19H,4-7,9,11-15H2,1H3/t18-,19+/m1/s1. The molecule has 0 aromatic heterocycles. The molecule has 3 rings (SSSR count). The van der Waals surface area contributed by atoms with Crippen LogP contribution in [0.1, 0.15) is 55.6 Å². The first-order valence-electron chi connectivity index (χ1n) is 9.04. The first kappa shape index (κ1) is 17.0. The largest absolute Gasteiger partial charge is 0.300 e. The molecule has 0 saturated carbocycles. The topological polar surface area (TPSA) is 37.4 Å². The molecule has 4 heteroatoms. The molecule has 2 atom stereocenters. The van der Waals surface area contributed by atoms with Crippen molar-refractivity contribution < 1.29 is 8.42 Å². The monoisotopic (exact) mass is 335 g/mol. The maximum atomic E-state index is 11.3. The molecular formula is C19H29NO2S. The summed E-state index contributed by atoms with van der Waals surface area (Å²) in [7, 11) is -2.81. The van der Waals surface area contributed by atoms with E-state index in [9.17, 15) is 8.42 Å². The number of fused-ring (bicyclic) bond motifs is 1. The molecule has 0 radical (unpaired) electrons. The van der Waals surface area contributed by atoms with Gasteiger partial charge in [-0.3, -0.25) is 4.90 Å². The van der Waals surface area contributed by atoms with Crippen molar-refractivity contribution in [2.45, 2.75) is 56.9 Å². The number of hydrogen-bond donors (Lipinski definition) is 0. The van der Waals surface area contributed by atoms with Crippen molar-refractivity contribution in [3.63, 3.8) is 0 Å². The van der Waals surface area contributed by atoms with Gasteiger partial charge in [-0.15, -0.1) is 0 Å². The van der Waals surface area contributed by atoms with Gasteiger partial charge in [0.25, 0.3) is 0 Å². The van der Waals surface area contributed by atoms with E-state index in [0.29, 0.717) is 17.7 Å². The van der Waals surface area contributed by atoms with Crippen LogP contribution in [0.4, 0.5) is 0 Å². The lowest BCUT2D eigenvalue weighted by Crippen LogP contribution is -2.36. The fraction of sp³-hybridized carbons (Fsp3) is 0.684. The first-order chi connectivity index (χ1) is 11.0. The van der Waals surface area contributed by atoms with Crippen molar-refractivity contribution in [2.75, 3.05) is 25.1 Å². The van der Waals surface area contributed by atoms with E-state index in [4.69, 9.17) is 0 Å². The van der Waals surface area contributed by atoms with Crippen LogP contribution in [0.3, 0.4) is 0 Å². The lowest BCUT2D eigenvalue weighted by Gasteiger charge is -2.35. The van der Waals surface area contributed by atoms with E-state index in [-0.39, 0.29) is 0 Å². The summed E-state index contributed by atoms with van der Waals surface area (Å²) in [5.74, 6) is 1.01. The molecule has 1 aliphatic heterocycles. The van der Waals surface area contributed by atoms with E-state index < -0.39 is 9.84 Å². The number of likely N-dealkylation sites (tertiary alicyclic amines) is 1. The van der Waals surface area contributed by atoms with Gasteiger partial charge >= 0.3 is 0 Å². The minimum Gasteiger partial charge on any atom is -0.300 e. The molecule has 1 fully saturated rings. The van der Waals surface area contributed by atoms with Crippen LogP contribution >= 0.6 is 0 Å². The molecule has 1 aliphatic carbocycles. The predicted octanol–water partition coefficient (Wildman–Crippen LogP) is 3.40. The molecular weight excluding hydrogens is 306 g/mol. The summed E-state index contributed by atoms with van der Waals surface area (Å²) in [5.41, 5.74) is 3.12. The van der Waals surface area contributed by atoms with Crippen molar-refractivity contribution in [3.8, 4) is 0 Å². The molecule has 0 amide bonds. The van der Waals surface area contributed by atoms with Gasteiger partial charge in [-0.1, -0.05) is 24.3 Å². The summed E-state index contributed by atoms with van der Waals surface area (Å²) in [6.45, 7) is 2.24. The van der Waals surface area contributed by atoms with E-state index in [1.165, 1.54) is 44.9 Å². The van der Waals surface area contributed by atoms with Crippen molar-refractivity contribution in [1.29, 1.82) is 0 Å². The normalized spacial score (nSPS) is 25.4. The maximum Gasteiger partial charge on any atom is 0.147 e. The van der Waals surface area contributed by atoms with E-state index in [1.807, 2.05) is 0 Å². The van der Waals surface area contributed by atoms with Gasteiger partial charge in [0.2, 0.25) is 0 Å². The Labute approximate surface area is 141 Å². The average molecular weight is 336 g/mol. The van der Waals surface area contributed by atoms with Gasteiger partial charge in [-0.2, -0.15) is 0 Å². The van der Waals surface area contributed by atoms with Gasteiger partial charge < -0.3 is 0 Å². The number of sulfone groups is 1. The molecule has 0 spiro atoms. The quantitative estimate of drug-likeness (QED) is 0.748. The predicted molar refractivity (Wildman–Crippen MR) is 95.7 cm³/mol. The van der Waals surface area contributed by atoms with E-state index in [1.54, 1.807) is 11.1 Å². The number of hydrogen-bond acceptors (Lipinski definition) is 3. The fourth-order valence-electron chi connectivity index (χ4n) is 4.46. The Bertz CT molecular complexity index is 626. The number of rotatable bonds is 6. The summed E-state index contributed by atoms with van der Waals surface area (Å²) in [6, 6.07) is 9.64. The minimum atomic E-state index is -2.81. The number of aryl methyl sites for hydroxylation is 1. The number of unbranched alkanes of at least 4 members (excludes halogenated alkanes) is 1. The van der Waals surface area contributed by atoms with Crippen molar-refractivity contribution in [3.05, 3.63) is 35.4 Å². The third-order valence-electron chi connectivity index (χ3n) is 5.50. The highest BCUT2D eigenvalue weighted by molar-refractivity contribution is 7.90. The van der Waals surface area contributed by atoms with Crippen molar-refractivity contribution in [2.24, 2.45) is 0 Å². The summed E-state index contributed by atoms with van der Waals surface area (Å²) in [4.78, 5) is 2.63. The van der Waals surface area contributed by atoms with Crippen LogP contribution in [0.15, 0.2) is 24.3 Å². The third-order valence-corrected chi connectivity index (χ3v) is 6.54. The molecule has 1 saturated heterocycles. The Hall–Kier alpha value is -0.870. The smallest absolute Gasteiger partial charge is 0.147 e. The zero-order chi connectivity index (χ0) is 16.3. The molecule has 0 unspecified atom stereocenters. The van der Waals surface area contributed by atoms with Gasteiger partial charge in [-0.25, -0.2) is 8.42 Å². The fourth-order valence-corrected chi connectivity index (χ4v) is 5.18. The SMILES string of the molecule is CS(=O)(=O)CCCCN1CCC[C@H]1[C@@H]1CCCc2ccccc21. The Balaban J connectivity index is 1.61. The lowest BCUT2D eigenvalue weighted by molar-refractivity contribution is 0.210. The molecule has 128 valence electrons. The molecule has 0 N–H and O–H groups in total. The highest BCUT2D eigenvalue weighted by Gasteiger charge is 2.34. The van der Waals surface area contributed by atoms with Crippen LogP contribution in [0.5, 0.6) is 0 Å². The molecule has 3 nitrogen and oxygen atoms in total. The second-order valence-corrected chi connectivity index (χ2v) is 9.54. The zero-order valence-electron chi connectivity index (χ0n) is 14.2. The number of benzene rings is 1. The highest BCUT2D eigenvalue weighted by atomic mass is 32.2. The second-order valence-electron chi connectivity index (χ2n) is 7.28. The summed E-state index contributed by atoms with van der Waals surface area (Å²) in [6.07, 6.45) is 9.56. The molecule has 2 aliphatic rings. The Morgan fingerprint density at radius 3 is 2.78 bits per heavy atom. The van der Waals surface area contributed by atoms with Gasteiger partial charge in [-0.05, 0) is 75.1 Å². The third kappa shape index (κ3) is 4.36. The van der Waals surface area contributed by atoms with Gasteiger partial charge in [0.1, 0.15) is 9.84 Å². The van der Waals surface area contributed by atoms with Crippen LogP contribution in [-0.2, 0) is 16.3 Å². The molecule has 1 aromatic rings. The van der Waals surface area contributed by atoms with Gasteiger partial charge in [0, 0.05) is 18.1 Å². The molecule has 0 bridgehead atoms. The van der Waals surface area contributed by atoms with Gasteiger partial charge in [0.15, 0.2) is 0 Å².